The van der Waals surface area contributed by atoms with Gasteiger partial charge in [0.05, 0.1) is 23.3 Å². The predicted octanol–water partition coefficient (Wildman–Crippen LogP) is 3.71. The van der Waals surface area contributed by atoms with Gasteiger partial charge in [-0.2, -0.15) is 11.8 Å². The molecule has 146 valence electrons. The van der Waals surface area contributed by atoms with Crippen LogP contribution in [0.4, 0.5) is 5.69 Å². The molecular weight excluding hydrogens is 400 g/mol. The summed E-state index contributed by atoms with van der Waals surface area (Å²) in [5.74, 6) is -0.234. The van der Waals surface area contributed by atoms with E-state index in [0.29, 0.717) is 39.8 Å². The van der Waals surface area contributed by atoms with Gasteiger partial charge < -0.3 is 10.1 Å². The minimum absolute atomic E-state index is 0.321. The summed E-state index contributed by atoms with van der Waals surface area (Å²) in [4.78, 5) is 39.6. The highest BCUT2D eigenvalue weighted by Gasteiger charge is 2.42. The number of anilines is 1. The quantitative estimate of drug-likeness (QED) is 0.694. The lowest BCUT2D eigenvalue weighted by Crippen LogP contribution is -2.47. The molecule has 0 radical (unpaired) electrons. The van der Waals surface area contributed by atoms with E-state index in [1.807, 2.05) is 6.26 Å². The minimum atomic E-state index is -0.916. The first kappa shape index (κ1) is 20.2. The molecule has 0 aromatic heterocycles. The number of benzene rings is 2. The normalized spacial score (nSPS) is 14.0. The number of amides is 3. The third-order valence-electron chi connectivity index (χ3n) is 4.45. The highest BCUT2D eigenvalue weighted by molar-refractivity contribution is 7.98. The number of methoxy groups -OCH3 is 1. The third-order valence-corrected chi connectivity index (χ3v) is 5.39. The summed E-state index contributed by atoms with van der Waals surface area (Å²) >= 11 is 7.65. The summed E-state index contributed by atoms with van der Waals surface area (Å²) in [6.45, 7) is 0. The lowest BCUT2D eigenvalue weighted by molar-refractivity contribution is -0.120. The number of nitrogens with one attached hydrogen (secondary N) is 1. The fourth-order valence-electron chi connectivity index (χ4n) is 3.07. The number of imide groups is 1. The largest absolute Gasteiger partial charge is 0.495 e. The van der Waals surface area contributed by atoms with Crippen molar-refractivity contribution in [1.82, 2.24) is 4.90 Å². The van der Waals surface area contributed by atoms with Crippen molar-refractivity contribution in [2.24, 2.45) is 0 Å². The Morgan fingerprint density at radius 2 is 1.82 bits per heavy atom. The van der Waals surface area contributed by atoms with Crippen molar-refractivity contribution < 1.29 is 19.1 Å². The lowest BCUT2D eigenvalue weighted by Gasteiger charge is -2.25. The Labute approximate surface area is 172 Å². The number of thioether (sulfide) groups is 1. The molecule has 3 rings (SSSR count). The van der Waals surface area contributed by atoms with Gasteiger partial charge in [-0.05, 0) is 48.8 Å². The van der Waals surface area contributed by atoms with Gasteiger partial charge in [-0.15, -0.1) is 0 Å². The molecule has 1 heterocycles. The molecule has 0 unspecified atom stereocenters. The van der Waals surface area contributed by atoms with E-state index < -0.39 is 23.8 Å². The first-order valence-corrected chi connectivity index (χ1v) is 10.4. The van der Waals surface area contributed by atoms with E-state index in [1.165, 1.54) is 18.9 Å². The second-order valence-electron chi connectivity index (χ2n) is 6.16. The van der Waals surface area contributed by atoms with E-state index in [4.69, 9.17) is 16.3 Å². The fraction of sp³-hybridized carbons (Fsp3) is 0.250. The molecule has 1 N–H and O–H groups in total. The topological polar surface area (TPSA) is 75.7 Å². The van der Waals surface area contributed by atoms with Crippen molar-refractivity contribution in [3.05, 3.63) is 58.6 Å². The SMILES string of the molecule is COc1ccc(NC(=O)[C@H](CCSC)N2C(=O)c3ccccc3C2=O)cc1Cl. The van der Waals surface area contributed by atoms with Crippen LogP contribution >= 0.6 is 23.4 Å². The van der Waals surface area contributed by atoms with Crippen LogP contribution in [-0.2, 0) is 4.79 Å². The van der Waals surface area contributed by atoms with Crippen molar-refractivity contribution in [3.8, 4) is 5.75 Å². The highest BCUT2D eigenvalue weighted by Crippen LogP contribution is 2.29. The zero-order valence-electron chi connectivity index (χ0n) is 15.4. The number of fused-ring (bicyclic) bond motifs is 1. The standard InChI is InChI=1S/C20H19ClN2O4S/c1-27-17-8-7-12(11-15(17)21)22-18(24)16(9-10-28-2)23-19(25)13-5-3-4-6-14(13)20(23)26/h3-8,11,16H,9-10H2,1-2H3,(H,22,24)/t16-/m0/s1. The van der Waals surface area contributed by atoms with E-state index in [1.54, 1.807) is 42.5 Å². The Balaban J connectivity index is 1.86. The lowest BCUT2D eigenvalue weighted by atomic mass is 10.1. The molecule has 0 saturated carbocycles. The van der Waals surface area contributed by atoms with E-state index >= 15 is 0 Å². The maximum Gasteiger partial charge on any atom is 0.262 e. The van der Waals surface area contributed by atoms with Crippen LogP contribution in [0.3, 0.4) is 0 Å². The molecule has 0 fully saturated rings. The number of rotatable bonds is 7. The van der Waals surface area contributed by atoms with Crippen LogP contribution in [0.2, 0.25) is 5.02 Å². The van der Waals surface area contributed by atoms with Gasteiger partial charge in [0.2, 0.25) is 5.91 Å². The number of carbonyl (C=O) groups excluding carboxylic acids is 3. The van der Waals surface area contributed by atoms with Crippen molar-refractivity contribution in [3.63, 3.8) is 0 Å². The summed E-state index contributed by atoms with van der Waals surface area (Å²) in [7, 11) is 1.50. The third kappa shape index (κ3) is 3.86. The van der Waals surface area contributed by atoms with Gasteiger partial charge in [0.1, 0.15) is 11.8 Å². The molecule has 8 heteroatoms. The van der Waals surface area contributed by atoms with E-state index in [-0.39, 0.29) is 0 Å². The summed E-state index contributed by atoms with van der Waals surface area (Å²) in [6, 6.07) is 10.5. The molecule has 3 amide bonds. The van der Waals surface area contributed by atoms with Crippen LogP contribution in [-0.4, -0.2) is 47.8 Å². The maximum absolute atomic E-state index is 13.0. The fourth-order valence-corrected chi connectivity index (χ4v) is 3.78. The highest BCUT2D eigenvalue weighted by atomic mass is 35.5. The molecule has 0 aliphatic carbocycles. The number of halogens is 1. The molecule has 1 aliphatic heterocycles. The van der Waals surface area contributed by atoms with Crippen LogP contribution in [0.1, 0.15) is 27.1 Å². The minimum Gasteiger partial charge on any atom is -0.495 e. The number of carbonyl (C=O) groups is 3. The number of ether oxygens (including phenoxy) is 1. The van der Waals surface area contributed by atoms with Gasteiger partial charge in [-0.3, -0.25) is 19.3 Å². The summed E-state index contributed by atoms with van der Waals surface area (Å²) in [5, 5.41) is 3.10. The van der Waals surface area contributed by atoms with E-state index in [9.17, 15) is 14.4 Å². The Morgan fingerprint density at radius 1 is 1.18 bits per heavy atom. The molecule has 0 bridgehead atoms. The molecule has 28 heavy (non-hydrogen) atoms. The summed E-state index contributed by atoms with van der Waals surface area (Å²) in [5.41, 5.74) is 1.10. The van der Waals surface area contributed by atoms with Crippen molar-refractivity contribution in [2.75, 3.05) is 24.4 Å². The van der Waals surface area contributed by atoms with Crippen LogP contribution in [0, 0.1) is 0 Å². The Kier molecular flexibility index (Phi) is 6.26. The van der Waals surface area contributed by atoms with Crippen LogP contribution < -0.4 is 10.1 Å². The Bertz CT molecular complexity index is 899. The second-order valence-corrected chi connectivity index (χ2v) is 7.55. The summed E-state index contributed by atoms with van der Waals surface area (Å²) < 4.78 is 5.11. The smallest absolute Gasteiger partial charge is 0.262 e. The zero-order valence-corrected chi connectivity index (χ0v) is 17.0. The van der Waals surface area contributed by atoms with Gasteiger partial charge in [0.15, 0.2) is 0 Å². The monoisotopic (exact) mass is 418 g/mol. The van der Waals surface area contributed by atoms with Gasteiger partial charge in [-0.1, -0.05) is 23.7 Å². The van der Waals surface area contributed by atoms with Crippen molar-refractivity contribution in [1.29, 1.82) is 0 Å². The molecule has 0 spiro atoms. The Morgan fingerprint density at radius 3 is 2.36 bits per heavy atom. The van der Waals surface area contributed by atoms with Crippen molar-refractivity contribution in [2.45, 2.75) is 12.5 Å². The molecule has 6 nitrogen and oxygen atoms in total. The van der Waals surface area contributed by atoms with Crippen molar-refractivity contribution >= 4 is 46.8 Å². The van der Waals surface area contributed by atoms with Gasteiger partial charge >= 0.3 is 0 Å². The number of hydrogen-bond donors (Lipinski definition) is 1. The average molecular weight is 419 g/mol. The van der Waals surface area contributed by atoms with Gasteiger partial charge in [-0.25, -0.2) is 0 Å². The molecule has 2 aromatic carbocycles. The Hall–Kier alpha value is -2.51. The van der Waals surface area contributed by atoms with E-state index in [2.05, 4.69) is 5.32 Å². The van der Waals surface area contributed by atoms with Crippen LogP contribution in [0.15, 0.2) is 42.5 Å². The maximum atomic E-state index is 13.0. The average Bonchev–Trinajstić information content (AvgIpc) is 2.94. The first-order chi connectivity index (χ1) is 13.5. The van der Waals surface area contributed by atoms with Gasteiger partial charge in [0, 0.05) is 5.69 Å². The van der Waals surface area contributed by atoms with Crippen LogP contribution in [0.25, 0.3) is 0 Å². The number of hydrogen-bond acceptors (Lipinski definition) is 5. The molecular formula is C20H19ClN2O4S. The molecule has 1 aliphatic rings. The zero-order chi connectivity index (χ0) is 20.3. The summed E-state index contributed by atoms with van der Waals surface area (Å²) in [6.07, 6.45) is 2.25. The number of nitrogens with zero attached hydrogens (tertiary/aromatic N) is 1. The molecule has 1 atom stereocenters. The second kappa shape index (κ2) is 8.67. The predicted molar refractivity (Wildman–Crippen MR) is 110 cm³/mol. The molecule has 2 aromatic rings. The van der Waals surface area contributed by atoms with Crippen LogP contribution in [0.5, 0.6) is 5.75 Å². The van der Waals surface area contributed by atoms with E-state index in [0.717, 1.165) is 4.90 Å². The van der Waals surface area contributed by atoms with Gasteiger partial charge in [0.25, 0.3) is 11.8 Å². The molecule has 0 saturated heterocycles. The first-order valence-electron chi connectivity index (χ1n) is 8.58.